The van der Waals surface area contributed by atoms with E-state index in [1.54, 1.807) is 0 Å². The third kappa shape index (κ3) is 4.92. The first-order chi connectivity index (χ1) is 9.61. The molecule has 0 aromatic rings. The van der Waals surface area contributed by atoms with Crippen molar-refractivity contribution in [2.24, 2.45) is 11.3 Å². The first kappa shape index (κ1) is 16.6. The predicted octanol–water partition coefficient (Wildman–Crippen LogP) is 3.62. The zero-order valence-electron chi connectivity index (χ0n) is 13.8. The van der Waals surface area contributed by atoms with E-state index in [0.29, 0.717) is 5.41 Å². The van der Waals surface area contributed by atoms with Crippen LogP contribution in [0.15, 0.2) is 0 Å². The maximum absolute atomic E-state index is 3.77. The molecule has 2 fully saturated rings. The molecule has 0 aromatic heterocycles. The van der Waals surface area contributed by atoms with Crippen LogP contribution in [0, 0.1) is 11.3 Å². The average molecular weight is 299 g/mol. The summed E-state index contributed by atoms with van der Waals surface area (Å²) in [6, 6.07) is 0.776. The summed E-state index contributed by atoms with van der Waals surface area (Å²) in [5, 5.41) is 3.77. The first-order valence-corrected chi connectivity index (χ1v) is 9.79. The lowest BCUT2D eigenvalue weighted by atomic mass is 9.73. The van der Waals surface area contributed by atoms with Crippen molar-refractivity contribution in [1.82, 2.24) is 10.2 Å². The van der Waals surface area contributed by atoms with Crippen molar-refractivity contribution in [2.75, 3.05) is 37.7 Å². The summed E-state index contributed by atoms with van der Waals surface area (Å²) in [5.41, 5.74) is 0.559. The molecule has 3 heteroatoms. The Bertz CT molecular complexity index is 274. The standard InChI is InChI=1S/C17H34N2S/c1-15(2)11-18-13-17(7-5-4-6-8-17)14-19-9-10-20-12-16(19)3/h15-16,18H,4-14H2,1-3H3. The summed E-state index contributed by atoms with van der Waals surface area (Å²) in [7, 11) is 0. The monoisotopic (exact) mass is 298 g/mol. The van der Waals surface area contributed by atoms with Gasteiger partial charge in [-0.25, -0.2) is 0 Å². The lowest BCUT2D eigenvalue weighted by Crippen LogP contribution is -2.51. The molecule has 1 aliphatic heterocycles. The van der Waals surface area contributed by atoms with Gasteiger partial charge in [0.15, 0.2) is 0 Å². The molecule has 0 aromatic carbocycles. The van der Waals surface area contributed by atoms with E-state index in [2.05, 4.69) is 42.7 Å². The van der Waals surface area contributed by atoms with Crippen LogP contribution in [0.5, 0.6) is 0 Å². The molecule has 1 saturated heterocycles. The fraction of sp³-hybridized carbons (Fsp3) is 1.00. The Balaban J connectivity index is 1.91. The molecule has 2 nitrogen and oxygen atoms in total. The number of thioether (sulfide) groups is 1. The maximum atomic E-state index is 3.77. The average Bonchev–Trinajstić information content (AvgIpc) is 2.42. The van der Waals surface area contributed by atoms with Gasteiger partial charge in [-0.05, 0) is 37.6 Å². The molecule has 0 bridgehead atoms. The fourth-order valence-electron chi connectivity index (χ4n) is 3.75. The largest absolute Gasteiger partial charge is 0.316 e. The van der Waals surface area contributed by atoms with Crippen molar-refractivity contribution >= 4 is 11.8 Å². The van der Waals surface area contributed by atoms with E-state index < -0.39 is 0 Å². The van der Waals surface area contributed by atoms with E-state index in [-0.39, 0.29) is 0 Å². The summed E-state index contributed by atoms with van der Waals surface area (Å²) in [6.07, 6.45) is 7.22. The van der Waals surface area contributed by atoms with Crippen LogP contribution in [0.4, 0.5) is 0 Å². The van der Waals surface area contributed by atoms with Gasteiger partial charge in [0.25, 0.3) is 0 Å². The second-order valence-corrected chi connectivity index (χ2v) is 8.63. The van der Waals surface area contributed by atoms with Crippen LogP contribution in [0.1, 0.15) is 52.9 Å². The number of hydrogen-bond acceptors (Lipinski definition) is 3. The number of hydrogen-bond donors (Lipinski definition) is 1. The zero-order valence-corrected chi connectivity index (χ0v) is 14.6. The highest BCUT2D eigenvalue weighted by Gasteiger charge is 2.35. The van der Waals surface area contributed by atoms with Crippen LogP contribution in [0.2, 0.25) is 0 Å². The number of rotatable bonds is 6. The van der Waals surface area contributed by atoms with E-state index in [1.165, 1.54) is 69.8 Å². The van der Waals surface area contributed by atoms with Crippen LogP contribution < -0.4 is 5.32 Å². The van der Waals surface area contributed by atoms with Gasteiger partial charge in [-0.1, -0.05) is 33.1 Å². The third-order valence-electron chi connectivity index (χ3n) is 5.01. The number of nitrogens with one attached hydrogen (secondary N) is 1. The molecule has 1 saturated carbocycles. The normalized spacial score (nSPS) is 27.9. The van der Waals surface area contributed by atoms with Gasteiger partial charge in [-0.2, -0.15) is 11.8 Å². The molecular weight excluding hydrogens is 264 g/mol. The fourth-order valence-corrected chi connectivity index (χ4v) is 4.83. The Morgan fingerprint density at radius 1 is 1.25 bits per heavy atom. The van der Waals surface area contributed by atoms with Crippen molar-refractivity contribution in [2.45, 2.75) is 58.9 Å². The lowest BCUT2D eigenvalue weighted by molar-refractivity contribution is 0.0863. The van der Waals surface area contributed by atoms with E-state index in [1.807, 2.05) is 0 Å². The summed E-state index contributed by atoms with van der Waals surface area (Å²) < 4.78 is 0. The first-order valence-electron chi connectivity index (χ1n) is 8.64. The van der Waals surface area contributed by atoms with Gasteiger partial charge < -0.3 is 5.32 Å². The van der Waals surface area contributed by atoms with Crippen molar-refractivity contribution < 1.29 is 0 Å². The molecule has 2 aliphatic rings. The van der Waals surface area contributed by atoms with Gasteiger partial charge in [0.2, 0.25) is 0 Å². The smallest absolute Gasteiger partial charge is 0.0158 e. The minimum atomic E-state index is 0.559. The van der Waals surface area contributed by atoms with Gasteiger partial charge in [0.1, 0.15) is 0 Å². The Hall–Kier alpha value is 0.270. The van der Waals surface area contributed by atoms with Crippen LogP contribution in [-0.2, 0) is 0 Å². The van der Waals surface area contributed by atoms with Gasteiger partial charge in [0, 0.05) is 37.2 Å². The van der Waals surface area contributed by atoms with E-state index in [4.69, 9.17) is 0 Å². The van der Waals surface area contributed by atoms with Crippen molar-refractivity contribution in [3.05, 3.63) is 0 Å². The molecule has 0 amide bonds. The molecule has 1 unspecified atom stereocenters. The Morgan fingerprint density at radius 2 is 2.00 bits per heavy atom. The van der Waals surface area contributed by atoms with E-state index >= 15 is 0 Å². The van der Waals surface area contributed by atoms with Crippen molar-refractivity contribution in [3.8, 4) is 0 Å². The second-order valence-electron chi connectivity index (χ2n) is 7.48. The topological polar surface area (TPSA) is 15.3 Å². The molecule has 1 heterocycles. The molecule has 0 spiro atoms. The highest BCUT2D eigenvalue weighted by molar-refractivity contribution is 7.99. The van der Waals surface area contributed by atoms with Crippen LogP contribution >= 0.6 is 11.8 Å². The predicted molar refractivity (Wildman–Crippen MR) is 91.6 cm³/mol. The van der Waals surface area contributed by atoms with Gasteiger partial charge in [0.05, 0.1) is 0 Å². The van der Waals surface area contributed by atoms with Gasteiger partial charge in [-0.15, -0.1) is 0 Å². The summed E-state index contributed by atoms with van der Waals surface area (Å²) in [4.78, 5) is 2.78. The molecule has 1 atom stereocenters. The zero-order chi connectivity index (χ0) is 14.4. The molecule has 20 heavy (non-hydrogen) atoms. The van der Waals surface area contributed by atoms with Crippen LogP contribution in [-0.4, -0.2) is 48.6 Å². The van der Waals surface area contributed by atoms with Crippen molar-refractivity contribution in [1.29, 1.82) is 0 Å². The quantitative estimate of drug-likeness (QED) is 0.806. The lowest BCUT2D eigenvalue weighted by Gasteiger charge is -2.44. The minimum absolute atomic E-state index is 0.559. The molecule has 1 aliphatic carbocycles. The Labute approximate surface area is 130 Å². The highest BCUT2D eigenvalue weighted by atomic mass is 32.2. The van der Waals surface area contributed by atoms with Crippen molar-refractivity contribution in [3.63, 3.8) is 0 Å². The molecule has 118 valence electrons. The molecule has 0 radical (unpaired) electrons. The summed E-state index contributed by atoms with van der Waals surface area (Å²) in [5.74, 6) is 3.43. The second kappa shape index (κ2) is 8.05. The maximum Gasteiger partial charge on any atom is 0.0158 e. The van der Waals surface area contributed by atoms with Crippen LogP contribution in [0.25, 0.3) is 0 Å². The third-order valence-corrected chi connectivity index (χ3v) is 6.20. The van der Waals surface area contributed by atoms with Gasteiger partial charge in [-0.3, -0.25) is 4.90 Å². The molecule has 1 N–H and O–H groups in total. The molecule has 2 rings (SSSR count). The van der Waals surface area contributed by atoms with E-state index in [0.717, 1.165) is 12.0 Å². The van der Waals surface area contributed by atoms with E-state index in [9.17, 15) is 0 Å². The van der Waals surface area contributed by atoms with Crippen LogP contribution in [0.3, 0.4) is 0 Å². The molecular formula is C17H34N2S. The highest BCUT2D eigenvalue weighted by Crippen LogP contribution is 2.37. The van der Waals surface area contributed by atoms with Gasteiger partial charge >= 0.3 is 0 Å². The Morgan fingerprint density at radius 3 is 2.65 bits per heavy atom. The summed E-state index contributed by atoms with van der Waals surface area (Å²) >= 11 is 2.13. The minimum Gasteiger partial charge on any atom is -0.316 e. The SMILES string of the molecule is CC(C)CNCC1(CN2CCSCC2C)CCCCC1. The number of nitrogens with zero attached hydrogens (tertiary/aromatic N) is 1. The summed E-state index contributed by atoms with van der Waals surface area (Å²) in [6.45, 7) is 12.1. The Kier molecular flexibility index (Phi) is 6.70.